The van der Waals surface area contributed by atoms with Crippen LogP contribution in [0.5, 0.6) is 0 Å². The van der Waals surface area contributed by atoms with Crippen molar-refractivity contribution >= 4 is 29.3 Å². The van der Waals surface area contributed by atoms with Crippen molar-refractivity contribution in [2.45, 2.75) is 30.7 Å². The first kappa shape index (κ1) is 18.6. The van der Waals surface area contributed by atoms with Crippen molar-refractivity contribution in [1.82, 2.24) is 10.2 Å². The number of piperidine rings is 1. The normalized spacial score (nSPS) is 27.6. The fraction of sp³-hybridized carbons (Fsp3) is 0.438. The second-order valence-electron chi connectivity index (χ2n) is 5.97. The molecule has 0 unspecified atom stereocenters. The maximum absolute atomic E-state index is 12.5. The van der Waals surface area contributed by atoms with Gasteiger partial charge in [-0.25, -0.2) is 4.79 Å². The van der Waals surface area contributed by atoms with Crippen LogP contribution >= 0.6 is 0 Å². The number of fused-ring (bicyclic) bond motifs is 1. The van der Waals surface area contributed by atoms with E-state index in [2.05, 4.69) is 15.3 Å². The quantitative estimate of drug-likeness (QED) is 0.270. The first-order chi connectivity index (χ1) is 12.9. The molecule has 4 atom stereocenters. The number of carboxylic acid groups (broad SMARTS) is 1. The van der Waals surface area contributed by atoms with Gasteiger partial charge in [-0.2, -0.15) is 0 Å². The summed E-state index contributed by atoms with van der Waals surface area (Å²) < 4.78 is 10.2. The van der Waals surface area contributed by atoms with Crippen LogP contribution in [-0.2, 0) is 28.8 Å². The molecule has 2 saturated heterocycles. The minimum Gasteiger partial charge on any atom is -0.479 e. The van der Waals surface area contributed by atoms with E-state index in [-0.39, 0.29) is 17.9 Å². The molecule has 3 rings (SSSR count). The average Bonchev–Trinajstić information content (AvgIpc) is 3.17. The van der Waals surface area contributed by atoms with Gasteiger partial charge in [-0.1, -0.05) is 5.16 Å². The van der Waals surface area contributed by atoms with Gasteiger partial charge in [0.2, 0.25) is 11.6 Å². The second kappa shape index (κ2) is 7.19. The highest BCUT2D eigenvalue weighted by Crippen LogP contribution is 2.33. The predicted molar refractivity (Wildman–Crippen MR) is 86.7 cm³/mol. The summed E-state index contributed by atoms with van der Waals surface area (Å²) in [6.45, 7) is 0. The third kappa shape index (κ3) is 3.05. The smallest absolute Gasteiger partial charge is 0.334 e. The van der Waals surface area contributed by atoms with Crippen LogP contribution < -0.4 is 5.32 Å². The van der Waals surface area contributed by atoms with Crippen molar-refractivity contribution in [2.75, 3.05) is 14.2 Å². The highest BCUT2D eigenvalue weighted by Gasteiger charge is 2.60. The van der Waals surface area contributed by atoms with E-state index in [1.165, 1.54) is 26.5 Å². The molecule has 27 heavy (non-hydrogen) atoms. The van der Waals surface area contributed by atoms with Crippen LogP contribution in [0.4, 0.5) is 0 Å². The number of ether oxygens (including phenoxy) is 1. The predicted octanol–water partition coefficient (Wildman–Crippen LogP) is -1.23. The van der Waals surface area contributed by atoms with Gasteiger partial charge in [0.05, 0.1) is 12.3 Å². The van der Waals surface area contributed by atoms with Crippen LogP contribution in [0.25, 0.3) is 0 Å². The van der Waals surface area contributed by atoms with E-state index < -0.39 is 47.8 Å². The number of furan rings is 1. The summed E-state index contributed by atoms with van der Waals surface area (Å²) in [4.78, 5) is 54.1. The second-order valence-corrected chi connectivity index (χ2v) is 5.97. The van der Waals surface area contributed by atoms with Crippen molar-refractivity contribution in [2.24, 2.45) is 5.16 Å². The average molecular weight is 379 g/mol. The molecule has 11 nitrogen and oxygen atoms in total. The molecule has 2 N–H and O–H groups in total. The van der Waals surface area contributed by atoms with Gasteiger partial charge in [0.25, 0.3) is 5.91 Å². The lowest BCUT2D eigenvalue weighted by Crippen LogP contribution is -2.79. The van der Waals surface area contributed by atoms with Gasteiger partial charge in [-0.3, -0.25) is 14.4 Å². The molecule has 2 fully saturated rings. The molecule has 2 amide bonds. The van der Waals surface area contributed by atoms with Gasteiger partial charge in [0.15, 0.2) is 17.6 Å². The van der Waals surface area contributed by atoms with E-state index in [1.807, 2.05) is 0 Å². The molecular formula is C16H17N3O8. The van der Waals surface area contributed by atoms with E-state index in [0.717, 1.165) is 4.90 Å². The number of hydrogen-bond acceptors (Lipinski definition) is 8. The van der Waals surface area contributed by atoms with Crippen molar-refractivity contribution < 1.29 is 38.3 Å². The third-order valence-corrected chi connectivity index (χ3v) is 4.54. The van der Waals surface area contributed by atoms with Crippen LogP contribution in [0.3, 0.4) is 0 Å². The summed E-state index contributed by atoms with van der Waals surface area (Å²) in [5.41, 5.74) is -0.182. The molecule has 0 aliphatic carbocycles. The Morgan fingerprint density at radius 2 is 2.11 bits per heavy atom. The lowest BCUT2D eigenvalue weighted by atomic mass is 9.80. The van der Waals surface area contributed by atoms with Crippen molar-refractivity contribution in [3.63, 3.8) is 0 Å². The molecule has 2 aliphatic heterocycles. The number of carbonyl (C=O) groups excluding carboxylic acids is 3. The third-order valence-electron chi connectivity index (χ3n) is 4.54. The van der Waals surface area contributed by atoms with Gasteiger partial charge in [-0.05, 0) is 12.1 Å². The number of rotatable bonds is 6. The van der Waals surface area contributed by atoms with Gasteiger partial charge in [-0.15, -0.1) is 0 Å². The zero-order valence-corrected chi connectivity index (χ0v) is 14.4. The van der Waals surface area contributed by atoms with Crippen LogP contribution in [0, 0.1) is 0 Å². The Morgan fingerprint density at radius 1 is 1.37 bits per heavy atom. The first-order valence-electron chi connectivity index (χ1n) is 7.98. The Hall–Kier alpha value is -3.21. The number of amides is 2. The highest BCUT2D eigenvalue weighted by molar-refractivity contribution is 6.44. The monoisotopic (exact) mass is 379 g/mol. The molecule has 1 aromatic heterocycles. The molecule has 0 aromatic carbocycles. The summed E-state index contributed by atoms with van der Waals surface area (Å²) in [7, 11) is 2.53. The fourth-order valence-electron chi connectivity index (χ4n) is 3.31. The summed E-state index contributed by atoms with van der Waals surface area (Å²) in [5, 5.41) is 15.4. The number of hydrogen-bond donors (Lipinski definition) is 2. The minimum absolute atomic E-state index is 0.0767. The van der Waals surface area contributed by atoms with E-state index >= 15 is 0 Å². The summed E-state index contributed by atoms with van der Waals surface area (Å²) in [5.74, 6) is -3.41. The number of carboxylic acids is 1. The van der Waals surface area contributed by atoms with Gasteiger partial charge >= 0.3 is 5.97 Å². The van der Waals surface area contributed by atoms with Gasteiger partial charge < -0.3 is 29.3 Å². The number of methoxy groups -OCH3 is 1. The van der Waals surface area contributed by atoms with E-state index in [1.54, 1.807) is 6.07 Å². The molecule has 0 spiro atoms. The number of aliphatic carboxylic acids is 1. The van der Waals surface area contributed by atoms with E-state index in [9.17, 15) is 24.3 Å². The lowest BCUT2D eigenvalue weighted by Gasteiger charge is -2.53. The summed E-state index contributed by atoms with van der Waals surface area (Å²) in [6, 6.07) is -0.288. The summed E-state index contributed by atoms with van der Waals surface area (Å²) in [6.07, 6.45) is 0.446. The highest BCUT2D eigenvalue weighted by atomic mass is 16.6. The Kier molecular flexibility index (Phi) is 4.95. The number of β-lactam (4-membered cyclic amide) rings is 1. The van der Waals surface area contributed by atoms with Gasteiger partial charge in [0.1, 0.15) is 19.3 Å². The Balaban J connectivity index is 1.80. The van der Waals surface area contributed by atoms with Gasteiger partial charge in [0, 0.05) is 13.5 Å². The molecule has 144 valence electrons. The molecule has 1 aromatic rings. The SMILES string of the molecule is CON=C(C(=O)N[C@@H]1C(=O)N2[C@H](C(=O)O)C(=O)[C@H](OC)C[C@@H]12)c1ccco1. The fourth-order valence-corrected chi connectivity index (χ4v) is 3.31. The number of oxime groups is 1. The number of carbonyl (C=O) groups is 4. The van der Waals surface area contributed by atoms with Crippen LogP contribution in [-0.4, -0.2) is 77.7 Å². The molecule has 0 saturated carbocycles. The van der Waals surface area contributed by atoms with E-state index in [0.29, 0.717) is 0 Å². The maximum Gasteiger partial charge on any atom is 0.334 e. The molecular weight excluding hydrogens is 362 g/mol. The molecule has 3 heterocycles. The minimum atomic E-state index is -1.63. The van der Waals surface area contributed by atoms with E-state index in [4.69, 9.17) is 9.15 Å². The maximum atomic E-state index is 12.5. The van der Waals surface area contributed by atoms with Crippen LogP contribution in [0.2, 0.25) is 0 Å². The Labute approximate surface area is 152 Å². The topological polar surface area (TPSA) is 148 Å². The lowest BCUT2D eigenvalue weighted by molar-refractivity contribution is -0.180. The zero-order valence-electron chi connectivity index (χ0n) is 14.4. The number of ketones is 1. The van der Waals surface area contributed by atoms with Crippen molar-refractivity contribution in [1.29, 1.82) is 0 Å². The Morgan fingerprint density at radius 3 is 2.67 bits per heavy atom. The Bertz CT molecular complexity index is 803. The molecule has 11 heteroatoms. The molecule has 2 aliphatic rings. The van der Waals surface area contributed by atoms with Crippen LogP contribution in [0.15, 0.2) is 28.0 Å². The van der Waals surface area contributed by atoms with Crippen LogP contribution in [0.1, 0.15) is 12.2 Å². The largest absolute Gasteiger partial charge is 0.479 e. The standard InChI is InChI=1S/C16H17N3O8/c1-25-9-6-7-10(15(22)19(7)12(13(9)20)16(23)24)17-14(21)11(18-26-2)8-4-3-5-27-8/h3-5,7,9-10,12H,6H2,1-2H3,(H,17,21)(H,23,24)/t7-,9+,10-,12-/m0/s1. The number of Topliss-reactive ketones (excluding diaryl/α,β-unsaturated/α-hetero) is 1. The van der Waals surface area contributed by atoms with Crippen molar-refractivity contribution in [3.8, 4) is 0 Å². The molecule has 0 bridgehead atoms. The first-order valence-corrected chi connectivity index (χ1v) is 7.98. The number of nitrogens with one attached hydrogen (secondary N) is 1. The molecule has 0 radical (unpaired) electrons. The zero-order chi connectivity index (χ0) is 19.7. The van der Waals surface area contributed by atoms with Crippen molar-refractivity contribution in [3.05, 3.63) is 24.2 Å². The summed E-state index contributed by atoms with van der Waals surface area (Å²) >= 11 is 0. The number of nitrogens with zero attached hydrogens (tertiary/aromatic N) is 2.